The largest absolute Gasteiger partial charge is 0.373 e. The van der Waals surface area contributed by atoms with Gasteiger partial charge in [0.15, 0.2) is 0 Å². The Balaban J connectivity index is 2.72. The molecule has 1 saturated heterocycles. The van der Waals surface area contributed by atoms with Crippen molar-refractivity contribution in [3.8, 4) is 0 Å². The van der Waals surface area contributed by atoms with Gasteiger partial charge in [-0.2, -0.15) is 0 Å². The molecule has 2 atom stereocenters. The van der Waals surface area contributed by atoms with Crippen molar-refractivity contribution in [2.24, 2.45) is 0 Å². The van der Waals surface area contributed by atoms with E-state index < -0.39 is 12.8 Å². The fourth-order valence-electron chi connectivity index (χ4n) is 0.968. The van der Waals surface area contributed by atoms with E-state index in [0.29, 0.717) is 13.0 Å². The molecule has 1 heterocycles. The average molecular weight is 192 g/mol. The predicted molar refractivity (Wildman–Crippen MR) is 45.0 cm³/mol. The third-order valence-electron chi connectivity index (χ3n) is 2.15. The predicted octanol–water partition coefficient (Wildman–Crippen LogP) is 0.898. The first kappa shape index (κ1) is 9.93. The van der Waals surface area contributed by atoms with Gasteiger partial charge >= 0.3 is 7.60 Å². The third kappa shape index (κ3) is 1.96. The highest BCUT2D eigenvalue weighted by Gasteiger charge is 2.44. The van der Waals surface area contributed by atoms with Crippen molar-refractivity contribution in [3.63, 3.8) is 0 Å². The van der Waals surface area contributed by atoms with Gasteiger partial charge in [0.05, 0.1) is 17.9 Å². The zero-order valence-electron chi connectivity index (χ0n) is 6.93. The SMILES string of the molecule is C=CC(C)(CC1CO1)P(=O)(O)O. The summed E-state index contributed by atoms with van der Waals surface area (Å²) in [4.78, 5) is 18.0. The number of epoxide rings is 1. The third-order valence-corrected chi connectivity index (χ3v) is 3.84. The van der Waals surface area contributed by atoms with Crippen LogP contribution in [0.3, 0.4) is 0 Å². The summed E-state index contributed by atoms with van der Waals surface area (Å²) < 4.78 is 15.9. The highest BCUT2D eigenvalue weighted by atomic mass is 31.2. The van der Waals surface area contributed by atoms with Gasteiger partial charge in [0, 0.05) is 0 Å². The lowest BCUT2D eigenvalue weighted by molar-refractivity contribution is 0.321. The summed E-state index contributed by atoms with van der Waals surface area (Å²) in [6.45, 7) is 5.54. The van der Waals surface area contributed by atoms with E-state index in [9.17, 15) is 4.57 Å². The fraction of sp³-hybridized carbons (Fsp3) is 0.714. The number of ether oxygens (including phenoxy) is 1. The quantitative estimate of drug-likeness (QED) is 0.394. The molecule has 0 spiro atoms. The maximum atomic E-state index is 11.0. The molecule has 0 aromatic carbocycles. The molecule has 1 rings (SSSR count). The summed E-state index contributed by atoms with van der Waals surface area (Å²) in [6, 6.07) is 0. The van der Waals surface area contributed by atoms with Gasteiger partial charge in [-0.1, -0.05) is 6.08 Å². The fourth-order valence-corrected chi connectivity index (χ4v) is 1.65. The summed E-state index contributed by atoms with van der Waals surface area (Å²) in [5.74, 6) is 0. The molecule has 5 heteroatoms. The second kappa shape index (κ2) is 2.96. The van der Waals surface area contributed by atoms with Gasteiger partial charge in [-0.05, 0) is 13.3 Å². The van der Waals surface area contributed by atoms with Crippen molar-refractivity contribution < 1.29 is 19.1 Å². The molecule has 0 radical (unpaired) electrons. The Morgan fingerprint density at radius 3 is 2.58 bits per heavy atom. The average Bonchev–Trinajstić information content (AvgIpc) is 2.69. The van der Waals surface area contributed by atoms with E-state index in [2.05, 4.69) is 6.58 Å². The molecule has 2 unspecified atom stereocenters. The van der Waals surface area contributed by atoms with Crippen LogP contribution in [0.1, 0.15) is 13.3 Å². The smallest absolute Gasteiger partial charge is 0.335 e. The van der Waals surface area contributed by atoms with Crippen LogP contribution in [-0.4, -0.2) is 27.7 Å². The second-order valence-electron chi connectivity index (χ2n) is 3.26. The highest BCUT2D eigenvalue weighted by Crippen LogP contribution is 2.54. The molecule has 1 aliphatic heterocycles. The maximum Gasteiger partial charge on any atom is 0.335 e. The van der Waals surface area contributed by atoms with Crippen LogP contribution in [0.25, 0.3) is 0 Å². The Bertz CT molecular complexity index is 230. The summed E-state index contributed by atoms with van der Waals surface area (Å²) in [5, 5.41) is -1.13. The van der Waals surface area contributed by atoms with Crippen LogP contribution in [0.2, 0.25) is 0 Å². The summed E-state index contributed by atoms with van der Waals surface area (Å²) in [7, 11) is -4.10. The lowest BCUT2D eigenvalue weighted by atomic mass is 10.1. The van der Waals surface area contributed by atoms with Crippen LogP contribution < -0.4 is 0 Å². The second-order valence-corrected chi connectivity index (χ2v) is 5.37. The van der Waals surface area contributed by atoms with Crippen LogP contribution in [-0.2, 0) is 9.30 Å². The lowest BCUT2D eigenvalue weighted by Crippen LogP contribution is -2.23. The molecular formula is C7H13O4P. The maximum absolute atomic E-state index is 11.0. The number of hydrogen-bond donors (Lipinski definition) is 2. The molecule has 1 aliphatic rings. The van der Waals surface area contributed by atoms with Crippen LogP contribution in [0, 0.1) is 0 Å². The van der Waals surface area contributed by atoms with Gasteiger partial charge in [-0.25, -0.2) is 0 Å². The Morgan fingerprint density at radius 2 is 2.33 bits per heavy atom. The van der Waals surface area contributed by atoms with Gasteiger partial charge in [-0.3, -0.25) is 4.57 Å². The van der Waals surface area contributed by atoms with Crippen molar-refractivity contribution in [1.82, 2.24) is 0 Å². The molecule has 12 heavy (non-hydrogen) atoms. The monoisotopic (exact) mass is 192 g/mol. The Hall–Kier alpha value is -0.150. The van der Waals surface area contributed by atoms with E-state index in [-0.39, 0.29) is 6.10 Å². The van der Waals surface area contributed by atoms with Crippen molar-refractivity contribution >= 4 is 7.60 Å². The molecule has 0 saturated carbocycles. The van der Waals surface area contributed by atoms with Crippen molar-refractivity contribution in [2.75, 3.05) is 6.61 Å². The Kier molecular flexibility index (Phi) is 2.45. The van der Waals surface area contributed by atoms with E-state index in [1.165, 1.54) is 13.0 Å². The number of rotatable bonds is 4. The van der Waals surface area contributed by atoms with Crippen LogP contribution in [0.15, 0.2) is 12.7 Å². The molecule has 1 fully saturated rings. The minimum Gasteiger partial charge on any atom is -0.373 e. The highest BCUT2D eigenvalue weighted by molar-refractivity contribution is 7.53. The molecule has 0 amide bonds. The van der Waals surface area contributed by atoms with Gasteiger partial charge in [-0.15, -0.1) is 6.58 Å². The standard InChI is InChI=1S/C7H13O4P/c1-3-7(2,12(8,9)10)4-6-5-11-6/h3,6H,1,4-5H2,2H3,(H2,8,9,10). The molecule has 70 valence electrons. The summed E-state index contributed by atoms with van der Waals surface area (Å²) in [6.07, 6.45) is 1.66. The molecule has 0 bridgehead atoms. The van der Waals surface area contributed by atoms with Crippen molar-refractivity contribution in [3.05, 3.63) is 12.7 Å². The minimum atomic E-state index is -4.10. The first-order valence-corrected chi connectivity index (χ1v) is 5.31. The molecule has 2 N–H and O–H groups in total. The van der Waals surface area contributed by atoms with Gasteiger partial charge in [0.2, 0.25) is 0 Å². The summed E-state index contributed by atoms with van der Waals surface area (Å²) >= 11 is 0. The Labute approximate surface area is 71.4 Å². The Morgan fingerprint density at radius 1 is 1.83 bits per heavy atom. The lowest BCUT2D eigenvalue weighted by Gasteiger charge is -2.25. The van der Waals surface area contributed by atoms with E-state index >= 15 is 0 Å². The minimum absolute atomic E-state index is 0.000579. The van der Waals surface area contributed by atoms with Crippen LogP contribution >= 0.6 is 7.60 Å². The molecule has 4 nitrogen and oxygen atoms in total. The van der Waals surface area contributed by atoms with Crippen LogP contribution in [0.5, 0.6) is 0 Å². The van der Waals surface area contributed by atoms with E-state index in [1.54, 1.807) is 0 Å². The zero-order chi connectivity index (χ0) is 9.41. The molecule has 0 aromatic rings. The zero-order valence-corrected chi connectivity index (χ0v) is 7.83. The first-order chi connectivity index (χ1) is 5.39. The van der Waals surface area contributed by atoms with Gasteiger partial charge < -0.3 is 14.5 Å². The normalized spacial score (nSPS) is 27.8. The topological polar surface area (TPSA) is 70.1 Å². The van der Waals surface area contributed by atoms with E-state index in [4.69, 9.17) is 14.5 Å². The van der Waals surface area contributed by atoms with E-state index in [0.717, 1.165) is 0 Å². The van der Waals surface area contributed by atoms with Crippen molar-refractivity contribution in [2.45, 2.75) is 24.6 Å². The number of hydrogen-bond acceptors (Lipinski definition) is 2. The van der Waals surface area contributed by atoms with Crippen molar-refractivity contribution in [1.29, 1.82) is 0 Å². The van der Waals surface area contributed by atoms with Crippen LogP contribution in [0.4, 0.5) is 0 Å². The first-order valence-electron chi connectivity index (χ1n) is 3.70. The number of allylic oxidation sites excluding steroid dienone is 1. The molecule has 0 aliphatic carbocycles. The van der Waals surface area contributed by atoms with E-state index in [1.807, 2.05) is 0 Å². The summed E-state index contributed by atoms with van der Waals surface area (Å²) in [5.41, 5.74) is 0. The van der Waals surface area contributed by atoms with Gasteiger partial charge in [0.25, 0.3) is 0 Å². The molecule has 0 aromatic heterocycles. The molecular weight excluding hydrogens is 179 g/mol. The van der Waals surface area contributed by atoms with Gasteiger partial charge in [0.1, 0.15) is 0 Å².